The monoisotopic (exact) mass is 312 g/mol. The van der Waals surface area contributed by atoms with Crippen molar-refractivity contribution in [1.29, 1.82) is 0 Å². The lowest BCUT2D eigenvalue weighted by molar-refractivity contribution is 0.0453. The molecule has 6 heteroatoms. The van der Waals surface area contributed by atoms with Crippen molar-refractivity contribution >= 4 is 11.2 Å². The molecule has 2 N–H and O–H groups in total. The Bertz CT molecular complexity index is 832. The van der Waals surface area contributed by atoms with Gasteiger partial charge in [0.25, 0.3) is 0 Å². The highest BCUT2D eigenvalue weighted by atomic mass is 19.1. The number of aliphatic hydroxyl groups is 1. The van der Waals surface area contributed by atoms with Crippen LogP contribution in [0.4, 0.5) is 4.39 Å². The summed E-state index contributed by atoms with van der Waals surface area (Å²) in [5, 5.41) is 10.9. The second kappa shape index (κ2) is 5.40. The zero-order valence-electron chi connectivity index (χ0n) is 12.5. The summed E-state index contributed by atoms with van der Waals surface area (Å²) in [6.45, 7) is 1.99. The van der Waals surface area contributed by atoms with Gasteiger partial charge in [-0.3, -0.25) is 9.88 Å². The van der Waals surface area contributed by atoms with Crippen molar-refractivity contribution in [1.82, 2.24) is 19.9 Å². The zero-order valence-corrected chi connectivity index (χ0v) is 12.5. The Morgan fingerprint density at radius 2 is 2.00 bits per heavy atom. The molecule has 118 valence electrons. The van der Waals surface area contributed by atoms with Crippen molar-refractivity contribution in [2.24, 2.45) is 0 Å². The number of benzene rings is 1. The minimum absolute atomic E-state index is 0.287. The molecule has 0 aliphatic carbocycles. The van der Waals surface area contributed by atoms with Crippen LogP contribution < -0.4 is 0 Å². The van der Waals surface area contributed by atoms with Crippen molar-refractivity contribution in [3.8, 4) is 0 Å². The van der Waals surface area contributed by atoms with Crippen LogP contribution in [0.25, 0.3) is 11.2 Å². The Morgan fingerprint density at radius 1 is 1.22 bits per heavy atom. The molecule has 1 aromatic carbocycles. The highest BCUT2D eigenvalue weighted by Gasteiger charge is 2.37. The molecular weight excluding hydrogens is 295 g/mol. The number of β-amino-alcohol motifs (C(OH)–C–C–N with tert-alkyl or cyclic N) is 1. The molecule has 1 aliphatic rings. The maximum Gasteiger partial charge on any atom is 0.156 e. The van der Waals surface area contributed by atoms with E-state index in [1.165, 1.54) is 12.1 Å². The number of aromatic amines is 1. The average Bonchev–Trinajstić information content (AvgIpc) is 3.14. The molecule has 3 heterocycles. The van der Waals surface area contributed by atoms with Crippen LogP contribution in [0.5, 0.6) is 0 Å². The maximum atomic E-state index is 13.1. The van der Waals surface area contributed by atoms with E-state index in [9.17, 15) is 9.50 Å². The van der Waals surface area contributed by atoms with Crippen LogP contribution in [0.1, 0.15) is 17.5 Å². The van der Waals surface area contributed by atoms with Crippen molar-refractivity contribution < 1.29 is 9.50 Å². The first-order valence-corrected chi connectivity index (χ1v) is 7.62. The maximum absolute atomic E-state index is 13.1. The van der Waals surface area contributed by atoms with E-state index in [0.717, 1.165) is 28.8 Å². The molecule has 0 spiro atoms. The molecule has 2 aromatic heterocycles. The number of hydrogen-bond acceptors (Lipinski definition) is 4. The first-order valence-electron chi connectivity index (χ1n) is 7.62. The fourth-order valence-electron chi connectivity index (χ4n) is 3.27. The fourth-order valence-corrected chi connectivity index (χ4v) is 3.27. The number of hydrogen-bond donors (Lipinski definition) is 2. The van der Waals surface area contributed by atoms with E-state index in [0.29, 0.717) is 19.5 Å². The molecule has 1 fully saturated rings. The molecule has 0 amide bonds. The smallest absolute Gasteiger partial charge is 0.156 e. The predicted octanol–water partition coefficient (Wildman–Crippen LogP) is 2.19. The van der Waals surface area contributed by atoms with Gasteiger partial charge in [0.05, 0.1) is 0 Å². The summed E-state index contributed by atoms with van der Waals surface area (Å²) in [4.78, 5) is 13.9. The Morgan fingerprint density at radius 3 is 2.83 bits per heavy atom. The van der Waals surface area contributed by atoms with Crippen LogP contribution in [0.15, 0.2) is 42.9 Å². The van der Waals surface area contributed by atoms with Gasteiger partial charge in [0, 0.05) is 43.8 Å². The van der Waals surface area contributed by atoms with Crippen LogP contribution >= 0.6 is 0 Å². The summed E-state index contributed by atoms with van der Waals surface area (Å²) < 4.78 is 13.1. The lowest BCUT2D eigenvalue weighted by Crippen LogP contribution is -2.30. The van der Waals surface area contributed by atoms with Crippen LogP contribution in [0.3, 0.4) is 0 Å². The minimum atomic E-state index is -0.925. The molecule has 1 aliphatic heterocycles. The number of likely N-dealkylation sites (tertiary alicyclic amines) is 1. The Hall–Kier alpha value is -2.31. The Balaban J connectivity index is 1.53. The van der Waals surface area contributed by atoms with Crippen LogP contribution in [-0.2, 0) is 12.1 Å². The van der Waals surface area contributed by atoms with Gasteiger partial charge in [0.2, 0.25) is 0 Å². The summed E-state index contributed by atoms with van der Waals surface area (Å²) >= 11 is 0. The third kappa shape index (κ3) is 2.60. The zero-order chi connectivity index (χ0) is 15.9. The Labute approximate surface area is 132 Å². The highest BCUT2D eigenvalue weighted by Crippen LogP contribution is 2.33. The number of rotatable bonds is 3. The molecule has 1 unspecified atom stereocenters. The summed E-state index contributed by atoms with van der Waals surface area (Å²) in [5.41, 5.74) is 2.54. The van der Waals surface area contributed by atoms with Gasteiger partial charge in [-0.1, -0.05) is 12.1 Å². The quantitative estimate of drug-likeness (QED) is 0.778. The first-order chi connectivity index (χ1) is 11.1. The summed E-state index contributed by atoms with van der Waals surface area (Å²) in [5.74, 6) is -0.287. The van der Waals surface area contributed by atoms with Gasteiger partial charge in [-0.25, -0.2) is 9.37 Å². The van der Waals surface area contributed by atoms with E-state index in [-0.39, 0.29) is 5.82 Å². The summed E-state index contributed by atoms with van der Waals surface area (Å²) in [7, 11) is 0. The molecule has 5 nitrogen and oxygen atoms in total. The molecular formula is C17H17FN4O. The molecule has 0 radical (unpaired) electrons. The SMILES string of the molecule is OC1(c2ccc(F)cc2)CCN(Cc2c[nH]c3nccnc23)C1. The summed E-state index contributed by atoms with van der Waals surface area (Å²) in [6, 6.07) is 6.11. The molecule has 3 aromatic rings. The molecule has 4 rings (SSSR count). The van der Waals surface area contributed by atoms with E-state index < -0.39 is 5.60 Å². The van der Waals surface area contributed by atoms with E-state index in [4.69, 9.17) is 0 Å². The minimum Gasteiger partial charge on any atom is -0.384 e. The van der Waals surface area contributed by atoms with E-state index in [1.54, 1.807) is 24.5 Å². The van der Waals surface area contributed by atoms with Crippen LogP contribution in [-0.4, -0.2) is 38.0 Å². The predicted molar refractivity (Wildman–Crippen MR) is 84.1 cm³/mol. The second-order valence-corrected chi connectivity index (χ2v) is 6.07. The van der Waals surface area contributed by atoms with Gasteiger partial charge in [-0.15, -0.1) is 0 Å². The largest absolute Gasteiger partial charge is 0.384 e. The van der Waals surface area contributed by atoms with Crippen molar-refractivity contribution in [2.45, 2.75) is 18.6 Å². The highest BCUT2D eigenvalue weighted by molar-refractivity contribution is 5.74. The van der Waals surface area contributed by atoms with E-state index in [2.05, 4.69) is 19.9 Å². The third-order valence-electron chi connectivity index (χ3n) is 4.49. The van der Waals surface area contributed by atoms with Crippen molar-refractivity contribution in [3.05, 3.63) is 59.8 Å². The fraction of sp³-hybridized carbons (Fsp3) is 0.294. The summed E-state index contributed by atoms with van der Waals surface area (Å²) in [6.07, 6.45) is 5.89. The second-order valence-electron chi connectivity index (χ2n) is 6.07. The van der Waals surface area contributed by atoms with E-state index >= 15 is 0 Å². The van der Waals surface area contributed by atoms with Gasteiger partial charge >= 0.3 is 0 Å². The number of fused-ring (bicyclic) bond motifs is 1. The molecule has 0 saturated carbocycles. The van der Waals surface area contributed by atoms with Gasteiger partial charge in [0.1, 0.15) is 16.9 Å². The standard InChI is InChI=1S/C17H17FN4O/c18-14-3-1-13(2-4-14)17(23)5-8-22(11-17)10-12-9-21-16-15(12)19-6-7-20-16/h1-4,6-7,9,23H,5,8,10-11H2,(H,20,21). The normalized spacial score (nSPS) is 22.0. The lowest BCUT2D eigenvalue weighted by atomic mass is 9.93. The molecule has 1 atom stereocenters. The number of nitrogens with one attached hydrogen (secondary N) is 1. The van der Waals surface area contributed by atoms with Crippen molar-refractivity contribution in [2.75, 3.05) is 13.1 Å². The van der Waals surface area contributed by atoms with Gasteiger partial charge in [0.15, 0.2) is 5.65 Å². The van der Waals surface area contributed by atoms with Crippen LogP contribution in [0, 0.1) is 5.82 Å². The molecule has 0 bridgehead atoms. The molecule has 1 saturated heterocycles. The molecule has 23 heavy (non-hydrogen) atoms. The number of H-pyrrole nitrogens is 1. The van der Waals surface area contributed by atoms with Crippen molar-refractivity contribution in [3.63, 3.8) is 0 Å². The van der Waals surface area contributed by atoms with Gasteiger partial charge < -0.3 is 10.1 Å². The van der Waals surface area contributed by atoms with Gasteiger partial charge in [-0.2, -0.15) is 0 Å². The third-order valence-corrected chi connectivity index (χ3v) is 4.49. The average molecular weight is 312 g/mol. The first kappa shape index (κ1) is 14.3. The number of aromatic nitrogens is 3. The van der Waals surface area contributed by atoms with Gasteiger partial charge in [-0.05, 0) is 24.1 Å². The van der Waals surface area contributed by atoms with E-state index in [1.807, 2.05) is 6.20 Å². The Kier molecular flexibility index (Phi) is 3.36. The topological polar surface area (TPSA) is 65.0 Å². The van der Waals surface area contributed by atoms with Crippen LogP contribution in [0.2, 0.25) is 0 Å². The number of halogens is 1. The lowest BCUT2D eigenvalue weighted by Gasteiger charge is -2.24. The number of nitrogens with zero attached hydrogens (tertiary/aromatic N) is 3.